The lowest BCUT2D eigenvalue weighted by molar-refractivity contribution is 0.218. The van der Waals surface area contributed by atoms with Crippen molar-refractivity contribution in [3.8, 4) is 0 Å². The molecule has 15 heavy (non-hydrogen) atoms. The van der Waals surface area contributed by atoms with E-state index in [0.717, 1.165) is 6.54 Å². The second-order valence-corrected chi connectivity index (χ2v) is 5.12. The van der Waals surface area contributed by atoms with Gasteiger partial charge in [0.1, 0.15) is 0 Å². The normalized spacial score (nSPS) is 24.4. The number of likely N-dealkylation sites (tertiary alicyclic amines) is 2. The summed E-state index contributed by atoms with van der Waals surface area (Å²) in [6.07, 6.45) is 5.56. The summed E-state index contributed by atoms with van der Waals surface area (Å²) in [7, 11) is 0. The molecule has 0 unspecified atom stereocenters. The molecule has 2 N–H and O–H groups in total. The van der Waals surface area contributed by atoms with Crippen LogP contribution in [0.25, 0.3) is 0 Å². The lowest BCUT2D eigenvalue weighted by atomic mass is 10.1. The summed E-state index contributed by atoms with van der Waals surface area (Å²) < 4.78 is 0. The summed E-state index contributed by atoms with van der Waals surface area (Å²) >= 11 is 0. The predicted molar refractivity (Wildman–Crippen MR) is 63.9 cm³/mol. The summed E-state index contributed by atoms with van der Waals surface area (Å²) in [4.78, 5) is 5.18. The van der Waals surface area contributed by atoms with Gasteiger partial charge in [0.25, 0.3) is 0 Å². The third kappa shape index (κ3) is 3.44. The van der Waals surface area contributed by atoms with Gasteiger partial charge in [-0.3, -0.25) is 0 Å². The summed E-state index contributed by atoms with van der Waals surface area (Å²) in [6, 6.07) is 0. The lowest BCUT2D eigenvalue weighted by Gasteiger charge is -2.26. The van der Waals surface area contributed by atoms with Crippen molar-refractivity contribution >= 4 is 0 Å². The van der Waals surface area contributed by atoms with Crippen LogP contribution >= 0.6 is 0 Å². The molecule has 2 heterocycles. The van der Waals surface area contributed by atoms with Gasteiger partial charge in [-0.15, -0.1) is 0 Å². The Kier molecular flexibility index (Phi) is 4.42. The average Bonchev–Trinajstić information content (AvgIpc) is 2.89. The zero-order valence-electron chi connectivity index (χ0n) is 9.83. The molecule has 0 spiro atoms. The van der Waals surface area contributed by atoms with E-state index in [1.807, 2.05) is 0 Å². The van der Waals surface area contributed by atoms with Crippen LogP contribution in [0.15, 0.2) is 0 Å². The number of nitrogens with zero attached hydrogens (tertiary/aromatic N) is 2. The van der Waals surface area contributed by atoms with Crippen LogP contribution in [0.4, 0.5) is 0 Å². The average molecular weight is 211 g/mol. The molecule has 0 bridgehead atoms. The third-order valence-corrected chi connectivity index (χ3v) is 3.76. The Morgan fingerprint density at radius 1 is 0.800 bits per heavy atom. The molecule has 88 valence electrons. The van der Waals surface area contributed by atoms with Crippen LogP contribution in [0.1, 0.15) is 25.7 Å². The van der Waals surface area contributed by atoms with Crippen LogP contribution in [0.2, 0.25) is 0 Å². The van der Waals surface area contributed by atoms with E-state index in [0.29, 0.717) is 5.92 Å². The van der Waals surface area contributed by atoms with E-state index >= 15 is 0 Å². The first-order valence-electron chi connectivity index (χ1n) is 6.53. The highest BCUT2D eigenvalue weighted by Gasteiger charge is 2.20. The van der Waals surface area contributed by atoms with Gasteiger partial charge in [0.2, 0.25) is 0 Å². The molecule has 2 aliphatic heterocycles. The van der Waals surface area contributed by atoms with Crippen molar-refractivity contribution in [1.82, 2.24) is 9.80 Å². The molecule has 0 amide bonds. The van der Waals surface area contributed by atoms with Crippen LogP contribution in [-0.4, -0.2) is 55.6 Å². The number of hydrogen-bond donors (Lipinski definition) is 1. The largest absolute Gasteiger partial charge is 0.330 e. The van der Waals surface area contributed by atoms with Crippen LogP contribution in [-0.2, 0) is 0 Å². The van der Waals surface area contributed by atoms with Crippen molar-refractivity contribution in [3.63, 3.8) is 0 Å². The van der Waals surface area contributed by atoms with Crippen molar-refractivity contribution in [2.45, 2.75) is 25.7 Å². The second kappa shape index (κ2) is 5.83. The first-order chi connectivity index (χ1) is 7.38. The zero-order chi connectivity index (χ0) is 10.5. The highest BCUT2D eigenvalue weighted by atomic mass is 15.2. The van der Waals surface area contributed by atoms with Gasteiger partial charge < -0.3 is 15.5 Å². The second-order valence-electron chi connectivity index (χ2n) is 5.12. The molecule has 0 aliphatic carbocycles. The fourth-order valence-electron chi connectivity index (χ4n) is 2.87. The Hall–Kier alpha value is -0.120. The maximum absolute atomic E-state index is 5.88. The topological polar surface area (TPSA) is 32.5 Å². The molecule has 2 fully saturated rings. The number of nitrogens with two attached hydrogens (primary N) is 1. The van der Waals surface area contributed by atoms with Gasteiger partial charge in [0.05, 0.1) is 0 Å². The number of rotatable bonds is 5. The SMILES string of the molecule is NCC(CN1CCCC1)CN1CCCC1. The molecule has 0 radical (unpaired) electrons. The van der Waals surface area contributed by atoms with E-state index in [4.69, 9.17) is 5.73 Å². The van der Waals surface area contributed by atoms with Crippen molar-refractivity contribution in [2.24, 2.45) is 11.7 Å². The van der Waals surface area contributed by atoms with Crippen LogP contribution in [0.5, 0.6) is 0 Å². The van der Waals surface area contributed by atoms with E-state index < -0.39 is 0 Å². The van der Waals surface area contributed by atoms with E-state index in [1.54, 1.807) is 0 Å². The van der Waals surface area contributed by atoms with Gasteiger partial charge in [-0.1, -0.05) is 0 Å². The van der Waals surface area contributed by atoms with E-state index in [9.17, 15) is 0 Å². The fraction of sp³-hybridized carbons (Fsp3) is 1.00. The van der Waals surface area contributed by atoms with E-state index in [-0.39, 0.29) is 0 Å². The molecule has 3 heteroatoms. The summed E-state index contributed by atoms with van der Waals surface area (Å²) in [5.74, 6) is 0.696. The number of hydrogen-bond acceptors (Lipinski definition) is 3. The minimum absolute atomic E-state index is 0.696. The van der Waals surface area contributed by atoms with Gasteiger partial charge >= 0.3 is 0 Å². The molecular formula is C12H25N3. The molecule has 0 aromatic carbocycles. The Labute approximate surface area is 93.6 Å². The first-order valence-corrected chi connectivity index (χ1v) is 6.53. The minimum atomic E-state index is 0.696. The predicted octanol–water partition coefficient (Wildman–Crippen LogP) is 0.753. The van der Waals surface area contributed by atoms with Crippen molar-refractivity contribution in [2.75, 3.05) is 45.8 Å². The Morgan fingerprint density at radius 2 is 1.20 bits per heavy atom. The summed E-state index contributed by atoms with van der Waals surface area (Å²) in [6.45, 7) is 8.52. The first kappa shape index (κ1) is 11.4. The Balaban J connectivity index is 1.70. The summed E-state index contributed by atoms with van der Waals surface area (Å²) in [5.41, 5.74) is 5.88. The van der Waals surface area contributed by atoms with Gasteiger partial charge in [-0.25, -0.2) is 0 Å². The van der Waals surface area contributed by atoms with E-state index in [1.165, 1.54) is 65.0 Å². The molecular weight excluding hydrogens is 186 g/mol. The van der Waals surface area contributed by atoms with Gasteiger partial charge in [0.15, 0.2) is 0 Å². The van der Waals surface area contributed by atoms with Gasteiger partial charge in [-0.2, -0.15) is 0 Å². The molecule has 0 aromatic heterocycles. The minimum Gasteiger partial charge on any atom is -0.330 e. The molecule has 2 saturated heterocycles. The maximum Gasteiger partial charge on any atom is 0.00340 e. The summed E-state index contributed by atoms with van der Waals surface area (Å²) in [5, 5.41) is 0. The van der Waals surface area contributed by atoms with Crippen molar-refractivity contribution < 1.29 is 0 Å². The van der Waals surface area contributed by atoms with Crippen molar-refractivity contribution in [3.05, 3.63) is 0 Å². The Morgan fingerprint density at radius 3 is 1.53 bits per heavy atom. The monoisotopic (exact) mass is 211 g/mol. The molecule has 3 nitrogen and oxygen atoms in total. The van der Waals surface area contributed by atoms with Crippen LogP contribution < -0.4 is 5.73 Å². The molecule has 2 aliphatic rings. The van der Waals surface area contributed by atoms with Crippen molar-refractivity contribution in [1.29, 1.82) is 0 Å². The van der Waals surface area contributed by atoms with E-state index in [2.05, 4.69) is 9.80 Å². The molecule has 0 saturated carbocycles. The standard InChI is InChI=1S/C12H25N3/c13-9-12(10-14-5-1-2-6-14)11-15-7-3-4-8-15/h12H,1-11,13H2. The highest BCUT2D eigenvalue weighted by Crippen LogP contribution is 2.13. The third-order valence-electron chi connectivity index (χ3n) is 3.76. The smallest absolute Gasteiger partial charge is 0.00340 e. The molecule has 2 rings (SSSR count). The molecule has 0 aromatic rings. The van der Waals surface area contributed by atoms with Crippen LogP contribution in [0, 0.1) is 5.92 Å². The maximum atomic E-state index is 5.88. The van der Waals surface area contributed by atoms with Crippen LogP contribution in [0.3, 0.4) is 0 Å². The van der Waals surface area contributed by atoms with Gasteiger partial charge in [-0.05, 0) is 64.3 Å². The fourth-order valence-corrected chi connectivity index (χ4v) is 2.87. The van der Waals surface area contributed by atoms with Gasteiger partial charge in [0, 0.05) is 13.1 Å². The highest BCUT2D eigenvalue weighted by molar-refractivity contribution is 4.76. The molecule has 0 atom stereocenters. The lowest BCUT2D eigenvalue weighted by Crippen LogP contribution is -2.38. The zero-order valence-corrected chi connectivity index (χ0v) is 9.83. The Bertz CT molecular complexity index is 154. The quantitative estimate of drug-likeness (QED) is 0.728.